The Morgan fingerprint density at radius 1 is 1.48 bits per heavy atom. The summed E-state index contributed by atoms with van der Waals surface area (Å²) in [6, 6.07) is 1.24. The van der Waals surface area contributed by atoms with Crippen LogP contribution in [-0.4, -0.2) is 34.1 Å². The van der Waals surface area contributed by atoms with Crippen molar-refractivity contribution in [3.63, 3.8) is 0 Å². The summed E-state index contributed by atoms with van der Waals surface area (Å²) in [5.41, 5.74) is -0.0994. The summed E-state index contributed by atoms with van der Waals surface area (Å²) in [6.45, 7) is 5.50. The maximum Gasteiger partial charge on any atom is 0.267 e. The molecule has 0 aliphatic carbocycles. The fourth-order valence-electron chi connectivity index (χ4n) is 2.31. The van der Waals surface area contributed by atoms with Crippen molar-refractivity contribution < 1.29 is 9.53 Å². The molecule has 0 atom stereocenters. The molecule has 0 saturated carbocycles. The first-order valence-corrected chi connectivity index (χ1v) is 7.59. The van der Waals surface area contributed by atoms with E-state index in [9.17, 15) is 9.59 Å². The predicted octanol–water partition coefficient (Wildman–Crippen LogP) is 1.52. The number of amides is 1. The summed E-state index contributed by atoms with van der Waals surface area (Å²) in [5.74, 6) is 1.28. The molecule has 1 amide bonds. The van der Waals surface area contributed by atoms with Gasteiger partial charge >= 0.3 is 0 Å². The molecule has 0 fully saturated rings. The van der Waals surface area contributed by atoms with Crippen molar-refractivity contribution in [1.82, 2.24) is 19.9 Å². The lowest BCUT2D eigenvalue weighted by Crippen LogP contribution is -2.27. The Bertz CT molecular complexity index is 718. The zero-order valence-electron chi connectivity index (χ0n) is 13.6. The summed E-state index contributed by atoms with van der Waals surface area (Å²) in [4.78, 5) is 30.7. The smallest absolute Gasteiger partial charge is 0.267 e. The van der Waals surface area contributed by atoms with Crippen molar-refractivity contribution in [3.05, 3.63) is 46.4 Å². The van der Waals surface area contributed by atoms with Gasteiger partial charge in [0, 0.05) is 43.7 Å². The van der Waals surface area contributed by atoms with Crippen LogP contribution in [-0.2, 0) is 6.54 Å². The van der Waals surface area contributed by atoms with E-state index in [2.05, 4.69) is 33.7 Å². The molecule has 0 bridgehead atoms. The van der Waals surface area contributed by atoms with Crippen molar-refractivity contribution in [3.8, 4) is 5.75 Å². The quantitative estimate of drug-likeness (QED) is 0.758. The van der Waals surface area contributed by atoms with E-state index in [1.807, 2.05) is 6.20 Å². The summed E-state index contributed by atoms with van der Waals surface area (Å²) in [5, 5.41) is 2.79. The zero-order valence-corrected chi connectivity index (χ0v) is 13.6. The minimum absolute atomic E-state index is 0.183. The second kappa shape index (κ2) is 7.62. The molecule has 2 rings (SSSR count). The summed E-state index contributed by atoms with van der Waals surface area (Å²) >= 11 is 0. The second-order valence-corrected chi connectivity index (χ2v) is 5.52. The maximum atomic E-state index is 12.0. The number of aromatic amines is 1. The van der Waals surface area contributed by atoms with Crippen LogP contribution in [0, 0.1) is 0 Å². The number of hydrogen-bond acceptors (Lipinski definition) is 4. The number of methoxy groups -OCH3 is 1. The van der Waals surface area contributed by atoms with Gasteiger partial charge in [0.15, 0.2) is 5.75 Å². The molecule has 0 aliphatic heterocycles. The topological polar surface area (TPSA) is 89.0 Å². The number of aryl methyl sites for hydroxylation is 1. The number of pyridine rings is 1. The predicted molar refractivity (Wildman–Crippen MR) is 86.9 cm³/mol. The normalized spacial score (nSPS) is 10.8. The van der Waals surface area contributed by atoms with Crippen molar-refractivity contribution in [2.24, 2.45) is 0 Å². The lowest BCUT2D eigenvalue weighted by molar-refractivity contribution is 0.0947. The highest BCUT2D eigenvalue weighted by atomic mass is 16.5. The van der Waals surface area contributed by atoms with E-state index in [0.717, 1.165) is 18.8 Å². The highest BCUT2D eigenvalue weighted by Gasteiger charge is 2.09. The Hall–Kier alpha value is -2.57. The van der Waals surface area contributed by atoms with E-state index in [0.29, 0.717) is 12.5 Å². The van der Waals surface area contributed by atoms with Gasteiger partial charge in [-0.25, -0.2) is 4.98 Å². The van der Waals surface area contributed by atoms with Gasteiger partial charge in [-0.15, -0.1) is 0 Å². The van der Waals surface area contributed by atoms with Crippen LogP contribution < -0.4 is 15.5 Å². The van der Waals surface area contributed by atoms with Crippen molar-refractivity contribution >= 4 is 5.91 Å². The van der Waals surface area contributed by atoms with Gasteiger partial charge < -0.3 is 19.6 Å². The number of aromatic nitrogens is 3. The number of nitrogens with zero attached hydrogens (tertiary/aromatic N) is 2. The molecule has 0 spiro atoms. The fourth-order valence-corrected chi connectivity index (χ4v) is 2.31. The van der Waals surface area contributed by atoms with Gasteiger partial charge in [0.05, 0.1) is 7.11 Å². The highest BCUT2D eigenvalue weighted by molar-refractivity contribution is 5.92. The molecule has 2 aromatic heterocycles. The fraction of sp³-hybridized carbons (Fsp3) is 0.438. The summed E-state index contributed by atoms with van der Waals surface area (Å²) in [6.07, 6.45) is 5.90. The molecule has 7 heteroatoms. The summed E-state index contributed by atoms with van der Waals surface area (Å²) < 4.78 is 6.96. The number of carbonyl (C=O) groups is 1. The number of ether oxygens (including phenoxy) is 1. The van der Waals surface area contributed by atoms with Crippen LogP contribution in [0.5, 0.6) is 5.75 Å². The third kappa shape index (κ3) is 4.21. The van der Waals surface area contributed by atoms with E-state index in [-0.39, 0.29) is 22.8 Å². The van der Waals surface area contributed by atoms with Crippen LogP contribution in [0.15, 0.2) is 29.5 Å². The third-order valence-corrected chi connectivity index (χ3v) is 3.47. The second-order valence-electron chi connectivity index (χ2n) is 5.52. The average molecular weight is 318 g/mol. The molecule has 2 heterocycles. The Morgan fingerprint density at radius 3 is 2.91 bits per heavy atom. The van der Waals surface area contributed by atoms with E-state index in [1.54, 1.807) is 6.20 Å². The average Bonchev–Trinajstić information content (AvgIpc) is 3.00. The SMILES string of the molecule is COc1c[nH]c(C(=O)NCCCn2ccnc2C(C)C)cc1=O. The van der Waals surface area contributed by atoms with Gasteiger partial charge in [0.25, 0.3) is 5.91 Å². The molecule has 0 aliphatic rings. The first kappa shape index (κ1) is 16.8. The minimum Gasteiger partial charge on any atom is -0.491 e. The number of nitrogens with one attached hydrogen (secondary N) is 2. The molecule has 2 N–H and O–H groups in total. The van der Waals surface area contributed by atoms with Crippen LogP contribution >= 0.6 is 0 Å². The number of imidazole rings is 1. The monoisotopic (exact) mass is 318 g/mol. The molecule has 7 nitrogen and oxygen atoms in total. The van der Waals surface area contributed by atoms with Crippen molar-refractivity contribution in [1.29, 1.82) is 0 Å². The molecule has 23 heavy (non-hydrogen) atoms. The molecule has 2 aromatic rings. The van der Waals surface area contributed by atoms with E-state index < -0.39 is 0 Å². The Balaban J connectivity index is 1.84. The Morgan fingerprint density at radius 2 is 2.26 bits per heavy atom. The maximum absolute atomic E-state index is 12.0. The lowest BCUT2D eigenvalue weighted by atomic mass is 10.2. The van der Waals surface area contributed by atoms with Crippen molar-refractivity contribution in [2.75, 3.05) is 13.7 Å². The third-order valence-electron chi connectivity index (χ3n) is 3.47. The van der Waals surface area contributed by atoms with Gasteiger partial charge in [-0.2, -0.15) is 0 Å². The Labute approximate surface area is 134 Å². The minimum atomic E-state index is -0.323. The van der Waals surface area contributed by atoms with Gasteiger partial charge in [-0.05, 0) is 6.42 Å². The zero-order chi connectivity index (χ0) is 16.8. The lowest BCUT2D eigenvalue weighted by Gasteiger charge is -2.10. The number of hydrogen-bond donors (Lipinski definition) is 2. The van der Waals surface area contributed by atoms with Gasteiger partial charge in [-0.1, -0.05) is 13.8 Å². The van der Waals surface area contributed by atoms with Crippen LogP contribution in [0.1, 0.15) is 42.5 Å². The van der Waals surface area contributed by atoms with Crippen LogP contribution in [0.25, 0.3) is 0 Å². The van der Waals surface area contributed by atoms with E-state index in [4.69, 9.17) is 4.74 Å². The van der Waals surface area contributed by atoms with E-state index in [1.165, 1.54) is 19.4 Å². The number of rotatable bonds is 7. The molecule has 124 valence electrons. The molecular formula is C16H22N4O3. The molecule has 0 unspecified atom stereocenters. The number of carbonyl (C=O) groups excluding carboxylic acids is 1. The largest absolute Gasteiger partial charge is 0.491 e. The molecule has 0 aromatic carbocycles. The standard InChI is InChI=1S/C16H22N4O3/c1-11(2)15-17-6-8-20(15)7-4-5-18-16(22)12-9-13(21)14(23-3)10-19-12/h6,8-11H,4-5,7H2,1-3H3,(H,18,22)(H,19,21). The Kier molecular flexibility index (Phi) is 5.56. The molecule has 0 saturated heterocycles. The first-order chi connectivity index (χ1) is 11.0. The highest BCUT2D eigenvalue weighted by Crippen LogP contribution is 2.11. The van der Waals surface area contributed by atoms with Crippen LogP contribution in [0.3, 0.4) is 0 Å². The first-order valence-electron chi connectivity index (χ1n) is 7.59. The van der Waals surface area contributed by atoms with Crippen molar-refractivity contribution in [2.45, 2.75) is 32.7 Å². The molecule has 0 radical (unpaired) electrons. The molecular weight excluding hydrogens is 296 g/mol. The van der Waals surface area contributed by atoms with Crippen LogP contribution in [0.2, 0.25) is 0 Å². The van der Waals surface area contributed by atoms with Gasteiger partial charge in [0.1, 0.15) is 11.5 Å². The van der Waals surface area contributed by atoms with Gasteiger partial charge in [0.2, 0.25) is 5.43 Å². The summed E-state index contributed by atoms with van der Waals surface area (Å²) in [7, 11) is 1.41. The van der Waals surface area contributed by atoms with E-state index >= 15 is 0 Å². The van der Waals surface area contributed by atoms with Gasteiger partial charge in [-0.3, -0.25) is 9.59 Å². The number of H-pyrrole nitrogens is 1. The van der Waals surface area contributed by atoms with Crippen LogP contribution in [0.4, 0.5) is 0 Å².